The lowest BCUT2D eigenvalue weighted by atomic mass is 10.3. The first-order valence-corrected chi connectivity index (χ1v) is 4.37. The highest BCUT2D eigenvalue weighted by molar-refractivity contribution is 14.1. The van der Waals surface area contributed by atoms with Crippen LogP contribution in [0.2, 0.25) is 5.02 Å². The van der Waals surface area contributed by atoms with Gasteiger partial charge in [-0.05, 0) is 28.7 Å². The molecule has 0 saturated carbocycles. The molecule has 0 bridgehead atoms. The van der Waals surface area contributed by atoms with Crippen LogP contribution in [0.15, 0.2) is 6.07 Å². The van der Waals surface area contributed by atoms with E-state index in [1.807, 2.05) is 22.6 Å². The molecule has 0 radical (unpaired) electrons. The van der Waals surface area contributed by atoms with Crippen molar-refractivity contribution in [1.29, 1.82) is 0 Å². The van der Waals surface area contributed by atoms with E-state index in [1.54, 1.807) is 0 Å². The molecule has 0 spiro atoms. The number of hydrogen-bond acceptors (Lipinski definition) is 2. The van der Waals surface area contributed by atoms with Gasteiger partial charge in [-0.1, -0.05) is 11.6 Å². The molecular formula is C6H4ClF2IN2. The minimum absolute atomic E-state index is 0.0280. The summed E-state index contributed by atoms with van der Waals surface area (Å²) in [5.74, 6) is 0.0547. The van der Waals surface area contributed by atoms with Crippen molar-refractivity contribution in [2.24, 2.45) is 0 Å². The molecule has 2 nitrogen and oxygen atoms in total. The number of nitrogens with two attached hydrogens (primary N) is 1. The molecule has 0 aliphatic carbocycles. The van der Waals surface area contributed by atoms with Crippen molar-refractivity contribution in [3.63, 3.8) is 0 Å². The van der Waals surface area contributed by atoms with E-state index in [0.717, 1.165) is 0 Å². The molecule has 6 heteroatoms. The molecule has 0 amide bonds. The number of hydrogen-bond donors (Lipinski definition) is 1. The van der Waals surface area contributed by atoms with E-state index >= 15 is 0 Å². The summed E-state index contributed by atoms with van der Waals surface area (Å²) >= 11 is 7.38. The minimum atomic E-state index is -2.69. The first kappa shape index (κ1) is 9.91. The second-order valence-corrected chi connectivity index (χ2v) is 3.57. The van der Waals surface area contributed by atoms with Gasteiger partial charge in [-0.15, -0.1) is 0 Å². The predicted octanol–water partition coefficient (Wildman–Crippen LogP) is 2.86. The second kappa shape index (κ2) is 3.69. The topological polar surface area (TPSA) is 38.9 Å². The van der Waals surface area contributed by atoms with Gasteiger partial charge in [0, 0.05) is 3.57 Å². The van der Waals surface area contributed by atoms with Crippen molar-refractivity contribution in [1.82, 2.24) is 4.98 Å². The number of rotatable bonds is 1. The molecule has 66 valence electrons. The maximum absolute atomic E-state index is 12.2. The molecule has 1 rings (SSSR count). The third-order valence-electron chi connectivity index (χ3n) is 1.17. The average Bonchev–Trinajstić information content (AvgIpc) is 1.96. The molecule has 0 atom stereocenters. The normalized spacial score (nSPS) is 10.8. The quantitative estimate of drug-likeness (QED) is 0.810. The Morgan fingerprint density at radius 2 is 2.17 bits per heavy atom. The van der Waals surface area contributed by atoms with Crippen LogP contribution < -0.4 is 5.73 Å². The van der Waals surface area contributed by atoms with Crippen LogP contribution in [-0.4, -0.2) is 4.98 Å². The van der Waals surface area contributed by atoms with E-state index < -0.39 is 12.1 Å². The molecule has 0 saturated heterocycles. The van der Waals surface area contributed by atoms with Crippen molar-refractivity contribution in [2.45, 2.75) is 6.43 Å². The maximum Gasteiger partial charge on any atom is 0.281 e. The van der Waals surface area contributed by atoms with Crippen LogP contribution in [0, 0.1) is 3.57 Å². The number of anilines is 1. The number of alkyl halides is 2. The summed E-state index contributed by atoms with van der Waals surface area (Å²) in [7, 11) is 0. The average molecular weight is 304 g/mol. The van der Waals surface area contributed by atoms with Crippen molar-refractivity contribution in [2.75, 3.05) is 5.73 Å². The molecule has 1 heterocycles. The molecular weight excluding hydrogens is 300 g/mol. The Labute approximate surface area is 86.3 Å². The fraction of sp³-hybridized carbons (Fsp3) is 0.167. The highest BCUT2D eigenvalue weighted by Crippen LogP contribution is 2.29. The Balaban J connectivity index is 3.28. The van der Waals surface area contributed by atoms with Crippen LogP contribution in [0.3, 0.4) is 0 Å². The molecule has 0 aliphatic rings. The zero-order valence-electron chi connectivity index (χ0n) is 5.69. The molecule has 1 aromatic heterocycles. The minimum Gasteiger partial charge on any atom is -0.384 e. The van der Waals surface area contributed by atoms with E-state index in [9.17, 15) is 8.78 Å². The largest absolute Gasteiger partial charge is 0.384 e. The maximum atomic E-state index is 12.2. The van der Waals surface area contributed by atoms with Crippen LogP contribution in [-0.2, 0) is 0 Å². The van der Waals surface area contributed by atoms with Crippen molar-refractivity contribution >= 4 is 40.0 Å². The highest BCUT2D eigenvalue weighted by atomic mass is 127. The predicted molar refractivity (Wildman–Crippen MR) is 51.3 cm³/mol. The Morgan fingerprint density at radius 3 is 2.67 bits per heavy atom. The first-order valence-electron chi connectivity index (χ1n) is 2.92. The molecule has 0 aromatic carbocycles. The van der Waals surface area contributed by atoms with Crippen molar-refractivity contribution in [3.05, 3.63) is 20.4 Å². The lowest BCUT2D eigenvalue weighted by Crippen LogP contribution is -1.99. The van der Waals surface area contributed by atoms with Crippen LogP contribution in [0.5, 0.6) is 0 Å². The number of nitrogens with zero attached hydrogens (tertiary/aromatic N) is 1. The monoisotopic (exact) mass is 304 g/mol. The van der Waals surface area contributed by atoms with Crippen molar-refractivity contribution in [3.8, 4) is 0 Å². The summed E-state index contributed by atoms with van der Waals surface area (Å²) in [5, 5.41) is -0.0280. The van der Waals surface area contributed by atoms with Crippen LogP contribution in [0.1, 0.15) is 12.1 Å². The number of aromatic nitrogens is 1. The van der Waals surface area contributed by atoms with Gasteiger partial charge >= 0.3 is 0 Å². The zero-order valence-corrected chi connectivity index (χ0v) is 8.60. The van der Waals surface area contributed by atoms with E-state index in [0.29, 0.717) is 3.57 Å². The molecule has 1 aromatic rings. The van der Waals surface area contributed by atoms with E-state index in [1.165, 1.54) is 6.07 Å². The van der Waals surface area contributed by atoms with Crippen LogP contribution in [0.25, 0.3) is 0 Å². The van der Waals surface area contributed by atoms with Crippen LogP contribution in [0.4, 0.5) is 14.6 Å². The van der Waals surface area contributed by atoms with Crippen molar-refractivity contribution < 1.29 is 8.78 Å². The standard InChI is InChI=1S/C6H4ClF2IN2/c7-4-2(10)1-3(11)12-5(4)6(8)9/h1,6H,(H2,11,12). The first-order chi connectivity index (χ1) is 5.52. The van der Waals surface area contributed by atoms with Gasteiger partial charge in [0.2, 0.25) is 0 Å². The Morgan fingerprint density at radius 1 is 1.58 bits per heavy atom. The molecule has 2 N–H and O–H groups in total. The number of pyridine rings is 1. The lowest BCUT2D eigenvalue weighted by Gasteiger charge is -2.04. The van der Waals surface area contributed by atoms with Gasteiger partial charge in [0.1, 0.15) is 11.5 Å². The van der Waals surface area contributed by atoms with Gasteiger partial charge < -0.3 is 5.73 Å². The molecule has 12 heavy (non-hydrogen) atoms. The smallest absolute Gasteiger partial charge is 0.281 e. The van der Waals surface area contributed by atoms with E-state index in [-0.39, 0.29) is 10.8 Å². The Hall–Kier alpha value is -0.170. The summed E-state index contributed by atoms with van der Waals surface area (Å²) in [6, 6.07) is 1.44. The third-order valence-corrected chi connectivity index (χ3v) is 2.73. The fourth-order valence-electron chi connectivity index (χ4n) is 0.681. The van der Waals surface area contributed by atoms with Gasteiger partial charge in [0.15, 0.2) is 0 Å². The van der Waals surface area contributed by atoms with Crippen LogP contribution >= 0.6 is 34.2 Å². The molecule has 0 unspecified atom stereocenters. The van der Waals surface area contributed by atoms with Gasteiger partial charge in [-0.25, -0.2) is 13.8 Å². The zero-order chi connectivity index (χ0) is 9.30. The SMILES string of the molecule is Nc1cc(I)c(Cl)c(C(F)F)n1. The summed E-state index contributed by atoms with van der Waals surface area (Å²) in [6.45, 7) is 0. The van der Waals surface area contributed by atoms with Gasteiger partial charge in [-0.3, -0.25) is 0 Å². The van der Waals surface area contributed by atoms with Gasteiger partial charge in [-0.2, -0.15) is 0 Å². The summed E-state index contributed by atoms with van der Waals surface area (Å²) in [4.78, 5) is 3.42. The summed E-state index contributed by atoms with van der Waals surface area (Å²) in [5.41, 5.74) is 4.80. The Bertz CT molecular complexity index is 306. The third kappa shape index (κ3) is 1.95. The number of halogens is 4. The van der Waals surface area contributed by atoms with E-state index in [2.05, 4.69) is 4.98 Å². The van der Waals surface area contributed by atoms with E-state index in [4.69, 9.17) is 17.3 Å². The van der Waals surface area contributed by atoms with Gasteiger partial charge in [0.05, 0.1) is 5.02 Å². The van der Waals surface area contributed by atoms with Gasteiger partial charge in [0.25, 0.3) is 6.43 Å². The number of nitrogen functional groups attached to an aromatic ring is 1. The molecule has 0 aliphatic heterocycles. The lowest BCUT2D eigenvalue weighted by molar-refractivity contribution is 0.146. The highest BCUT2D eigenvalue weighted by Gasteiger charge is 2.16. The summed E-state index contributed by atoms with van der Waals surface area (Å²) in [6.07, 6.45) is -2.69. The Kier molecular flexibility index (Phi) is 3.05. The summed E-state index contributed by atoms with van der Waals surface area (Å²) < 4.78 is 24.8. The second-order valence-electron chi connectivity index (χ2n) is 2.03. The fourth-order valence-corrected chi connectivity index (χ4v) is 1.46. The molecule has 0 fully saturated rings.